The van der Waals surface area contributed by atoms with E-state index in [1.54, 1.807) is 12.1 Å². The number of nitrogens with zero attached hydrogens (tertiary/aromatic N) is 2. The van der Waals surface area contributed by atoms with E-state index in [1.807, 2.05) is 17.5 Å². The predicted molar refractivity (Wildman–Crippen MR) is 123 cm³/mol. The monoisotopic (exact) mass is 491 g/mol. The molecule has 0 unspecified atom stereocenters. The Morgan fingerprint density at radius 1 is 1.12 bits per heavy atom. The summed E-state index contributed by atoms with van der Waals surface area (Å²) in [5.41, 5.74) is 6.05. The van der Waals surface area contributed by atoms with Gasteiger partial charge in [-0.1, -0.05) is 12.1 Å². The van der Waals surface area contributed by atoms with Crippen LogP contribution >= 0.6 is 22.7 Å². The van der Waals surface area contributed by atoms with Crippen molar-refractivity contribution in [2.75, 3.05) is 17.2 Å². The Bertz CT molecular complexity index is 1330. The molecule has 33 heavy (non-hydrogen) atoms. The molecule has 0 bridgehead atoms. The van der Waals surface area contributed by atoms with E-state index in [2.05, 4.69) is 4.98 Å². The van der Waals surface area contributed by atoms with E-state index in [0.29, 0.717) is 15.9 Å². The van der Waals surface area contributed by atoms with Crippen LogP contribution in [0.25, 0.3) is 20.8 Å². The number of pyridine rings is 1. The highest BCUT2D eigenvalue weighted by Gasteiger charge is 2.32. The van der Waals surface area contributed by atoms with E-state index in [-0.39, 0.29) is 22.8 Å². The molecule has 170 valence electrons. The van der Waals surface area contributed by atoms with Crippen LogP contribution in [0.1, 0.15) is 21.7 Å². The Labute approximate surface area is 193 Å². The second-order valence-corrected chi connectivity index (χ2v) is 8.97. The summed E-state index contributed by atoms with van der Waals surface area (Å²) in [4.78, 5) is 31.6. The maximum Gasteiger partial charge on any atom is 0.416 e. The van der Waals surface area contributed by atoms with E-state index in [9.17, 15) is 22.8 Å². The number of anilines is 2. The first-order valence-electron chi connectivity index (χ1n) is 9.59. The lowest BCUT2D eigenvalue weighted by Gasteiger charge is -2.23. The van der Waals surface area contributed by atoms with Crippen molar-refractivity contribution in [2.24, 2.45) is 0 Å². The van der Waals surface area contributed by atoms with Gasteiger partial charge >= 0.3 is 12.1 Å². The van der Waals surface area contributed by atoms with Gasteiger partial charge in [0, 0.05) is 17.6 Å². The fraction of sp³-hybridized carbons (Fsp3) is 0.136. The lowest BCUT2D eigenvalue weighted by Crippen LogP contribution is -2.33. The molecule has 11 heteroatoms. The molecule has 0 saturated heterocycles. The summed E-state index contributed by atoms with van der Waals surface area (Å²) < 4.78 is 39.6. The first kappa shape index (κ1) is 22.7. The second kappa shape index (κ2) is 8.83. The lowest BCUT2D eigenvalue weighted by atomic mass is 10.1. The number of amides is 1. The van der Waals surface area contributed by atoms with Crippen molar-refractivity contribution >= 4 is 56.1 Å². The number of nitrogens with two attached hydrogens (primary N) is 1. The summed E-state index contributed by atoms with van der Waals surface area (Å²) in [7, 11) is 0. The minimum Gasteiger partial charge on any atom is -0.481 e. The average molecular weight is 492 g/mol. The minimum atomic E-state index is -4.61. The SMILES string of the molecule is Nc1c(C(=O)N(CCC(=O)O)c2cccc(C(F)(F)F)c2)sc2nc(-c3cccs3)ccc12. The highest BCUT2D eigenvalue weighted by atomic mass is 32.1. The van der Waals surface area contributed by atoms with Crippen LogP contribution in [0.3, 0.4) is 0 Å². The number of alkyl halides is 3. The molecule has 0 saturated carbocycles. The number of aliphatic carboxylic acids is 1. The normalized spacial score (nSPS) is 11.6. The van der Waals surface area contributed by atoms with Gasteiger partial charge in [0.1, 0.15) is 9.71 Å². The molecule has 0 aliphatic heterocycles. The Hall–Kier alpha value is -3.44. The first-order valence-corrected chi connectivity index (χ1v) is 11.3. The number of carboxylic acids is 1. The maximum atomic E-state index is 13.4. The second-order valence-electron chi connectivity index (χ2n) is 7.02. The van der Waals surface area contributed by atoms with E-state index < -0.39 is 30.0 Å². The van der Waals surface area contributed by atoms with Gasteiger partial charge in [0.05, 0.1) is 28.2 Å². The van der Waals surface area contributed by atoms with E-state index >= 15 is 0 Å². The van der Waals surface area contributed by atoms with Crippen LogP contribution in [0.4, 0.5) is 24.5 Å². The van der Waals surface area contributed by atoms with Crippen molar-refractivity contribution in [1.82, 2.24) is 4.98 Å². The maximum absolute atomic E-state index is 13.4. The largest absolute Gasteiger partial charge is 0.481 e. The third-order valence-corrected chi connectivity index (χ3v) is 6.84. The molecule has 4 aromatic rings. The van der Waals surface area contributed by atoms with Crippen LogP contribution in [-0.4, -0.2) is 28.5 Å². The topological polar surface area (TPSA) is 96.5 Å². The zero-order chi connectivity index (χ0) is 23.8. The van der Waals surface area contributed by atoms with Crippen molar-refractivity contribution in [3.8, 4) is 10.6 Å². The highest BCUT2D eigenvalue weighted by Crippen LogP contribution is 2.37. The smallest absolute Gasteiger partial charge is 0.416 e. The van der Waals surface area contributed by atoms with Gasteiger partial charge in [-0.05, 0) is 41.8 Å². The number of hydrogen-bond donors (Lipinski definition) is 2. The molecule has 0 aliphatic carbocycles. The van der Waals surface area contributed by atoms with E-state index in [1.165, 1.54) is 23.5 Å². The van der Waals surface area contributed by atoms with Crippen molar-refractivity contribution < 1.29 is 27.9 Å². The van der Waals surface area contributed by atoms with Crippen molar-refractivity contribution in [1.29, 1.82) is 0 Å². The lowest BCUT2D eigenvalue weighted by molar-refractivity contribution is -0.138. The highest BCUT2D eigenvalue weighted by molar-refractivity contribution is 7.21. The number of aromatic nitrogens is 1. The van der Waals surface area contributed by atoms with Crippen LogP contribution in [0.5, 0.6) is 0 Å². The molecule has 0 radical (unpaired) electrons. The molecule has 1 aromatic carbocycles. The van der Waals surface area contributed by atoms with Gasteiger partial charge in [0.25, 0.3) is 5.91 Å². The number of hydrogen-bond acceptors (Lipinski definition) is 6. The number of thiophene rings is 2. The Morgan fingerprint density at radius 2 is 1.91 bits per heavy atom. The average Bonchev–Trinajstić information content (AvgIpc) is 3.41. The molecule has 1 amide bonds. The number of carboxylic acid groups (broad SMARTS) is 1. The van der Waals surface area contributed by atoms with Crippen LogP contribution < -0.4 is 10.6 Å². The minimum absolute atomic E-state index is 0.0693. The predicted octanol–water partition coefficient (Wildman–Crippen LogP) is 5.75. The summed E-state index contributed by atoms with van der Waals surface area (Å²) in [6.07, 6.45) is -5.07. The summed E-state index contributed by atoms with van der Waals surface area (Å²) in [6, 6.07) is 11.5. The zero-order valence-corrected chi connectivity index (χ0v) is 18.4. The number of carbonyl (C=O) groups excluding carboxylic acids is 1. The number of fused-ring (bicyclic) bond motifs is 1. The molecule has 6 nitrogen and oxygen atoms in total. The standard InChI is InChI=1S/C22H16F3N3O3S2/c23-22(24,25)12-3-1-4-13(11-12)28(9-8-17(29)30)21(31)19-18(26)14-6-7-15(27-20(14)33-19)16-5-2-10-32-16/h1-7,10-11H,8-9,26H2,(H,29,30). The molecule has 0 aliphatic rings. The van der Waals surface area contributed by atoms with Gasteiger partial charge in [0.15, 0.2) is 0 Å². The Kier molecular flexibility index (Phi) is 6.09. The van der Waals surface area contributed by atoms with Crippen LogP contribution in [0.2, 0.25) is 0 Å². The van der Waals surface area contributed by atoms with Gasteiger partial charge in [-0.15, -0.1) is 22.7 Å². The first-order chi connectivity index (χ1) is 15.6. The summed E-state index contributed by atoms with van der Waals surface area (Å²) >= 11 is 2.52. The molecule has 3 N–H and O–H groups in total. The molecule has 4 rings (SSSR count). The fourth-order valence-electron chi connectivity index (χ4n) is 3.25. The number of carbonyl (C=O) groups is 2. The number of nitrogen functional groups attached to an aromatic ring is 1. The summed E-state index contributed by atoms with van der Waals surface area (Å²) in [5, 5.41) is 11.5. The zero-order valence-electron chi connectivity index (χ0n) is 16.8. The molecule has 3 aromatic heterocycles. The van der Waals surface area contributed by atoms with Crippen molar-refractivity contribution in [3.63, 3.8) is 0 Å². The summed E-state index contributed by atoms with van der Waals surface area (Å²) in [6.45, 7) is -0.322. The van der Waals surface area contributed by atoms with E-state index in [4.69, 9.17) is 10.8 Å². The molecule has 0 atom stereocenters. The molecule has 0 spiro atoms. The van der Waals surface area contributed by atoms with Gasteiger partial charge in [-0.3, -0.25) is 9.59 Å². The number of benzene rings is 1. The third kappa shape index (κ3) is 4.69. The molecule has 3 heterocycles. The number of halogens is 3. The van der Waals surface area contributed by atoms with Crippen LogP contribution in [-0.2, 0) is 11.0 Å². The Morgan fingerprint density at radius 3 is 2.58 bits per heavy atom. The third-order valence-electron chi connectivity index (χ3n) is 4.84. The quantitative estimate of drug-likeness (QED) is 0.358. The van der Waals surface area contributed by atoms with Gasteiger partial charge < -0.3 is 15.7 Å². The van der Waals surface area contributed by atoms with Crippen LogP contribution in [0, 0.1) is 0 Å². The van der Waals surface area contributed by atoms with Crippen molar-refractivity contribution in [2.45, 2.75) is 12.6 Å². The van der Waals surface area contributed by atoms with Gasteiger partial charge in [-0.2, -0.15) is 13.2 Å². The van der Waals surface area contributed by atoms with Gasteiger partial charge in [0.2, 0.25) is 0 Å². The van der Waals surface area contributed by atoms with Crippen LogP contribution in [0.15, 0.2) is 53.9 Å². The fourth-order valence-corrected chi connectivity index (χ4v) is 4.98. The van der Waals surface area contributed by atoms with Crippen molar-refractivity contribution in [3.05, 3.63) is 64.4 Å². The molecular formula is C22H16F3N3O3S2. The molecule has 0 fully saturated rings. The van der Waals surface area contributed by atoms with E-state index in [0.717, 1.165) is 33.2 Å². The Balaban J connectivity index is 1.76. The number of rotatable bonds is 6. The molecular weight excluding hydrogens is 475 g/mol. The summed E-state index contributed by atoms with van der Waals surface area (Å²) in [5.74, 6) is -1.87. The van der Waals surface area contributed by atoms with Gasteiger partial charge in [-0.25, -0.2) is 4.98 Å².